The van der Waals surface area contributed by atoms with Crippen molar-refractivity contribution in [2.45, 2.75) is 38.4 Å². The normalized spacial score (nSPS) is 15.9. The lowest BCUT2D eigenvalue weighted by atomic mass is 9.87. The number of thioether (sulfide) groups is 1. The number of nitrogens with one attached hydrogen (secondary N) is 1. The van der Waals surface area contributed by atoms with Gasteiger partial charge in [-0.1, -0.05) is 68.3 Å². The lowest BCUT2D eigenvalue weighted by Crippen LogP contribution is -2.43. The predicted molar refractivity (Wildman–Crippen MR) is 157 cm³/mol. The molecule has 0 aliphatic carbocycles. The Morgan fingerprint density at radius 1 is 1.18 bits per heavy atom. The van der Waals surface area contributed by atoms with Gasteiger partial charge in [0.1, 0.15) is 12.4 Å². The molecular formula is C29H36ClN5O2S. The van der Waals surface area contributed by atoms with Crippen molar-refractivity contribution in [1.29, 1.82) is 0 Å². The fraction of sp³-hybridized carbons (Fsp3) is 0.414. The van der Waals surface area contributed by atoms with Crippen LogP contribution in [-0.2, 0) is 15.0 Å². The lowest BCUT2D eigenvalue weighted by molar-refractivity contribution is -0.122. The molecule has 3 aromatic rings. The van der Waals surface area contributed by atoms with E-state index in [0.717, 1.165) is 28.1 Å². The molecule has 4 rings (SSSR count). The maximum Gasteiger partial charge on any atom is 0.240 e. The summed E-state index contributed by atoms with van der Waals surface area (Å²) in [4.78, 5) is 30.4. The van der Waals surface area contributed by atoms with Gasteiger partial charge >= 0.3 is 0 Å². The molecule has 1 unspecified atom stereocenters. The molecule has 1 aliphatic heterocycles. The van der Waals surface area contributed by atoms with Crippen molar-refractivity contribution in [3.8, 4) is 5.69 Å². The number of carbonyl (C=O) groups is 2. The van der Waals surface area contributed by atoms with Gasteiger partial charge in [0.25, 0.3) is 0 Å². The Labute approximate surface area is 234 Å². The maximum atomic E-state index is 13.7. The second-order valence-electron chi connectivity index (χ2n) is 11.0. The predicted octanol–water partition coefficient (Wildman–Crippen LogP) is 4.98. The molecule has 38 heavy (non-hydrogen) atoms. The second-order valence-corrected chi connectivity index (χ2v) is 12.5. The number of anilines is 1. The SMILES string of the molecule is Cc1cccc(C2SCC(=O)N(CC(=O)NCCN(C)C)c3c2c(C(C)(C)C)nn3-c2cccc(Cl)c2)c1. The van der Waals surface area contributed by atoms with E-state index in [2.05, 4.69) is 51.2 Å². The highest BCUT2D eigenvalue weighted by Gasteiger charge is 2.40. The molecule has 2 amide bonds. The zero-order valence-electron chi connectivity index (χ0n) is 22.9. The Morgan fingerprint density at radius 3 is 2.58 bits per heavy atom. The number of likely N-dealkylation sites (N-methyl/N-ethyl adjacent to an activating group) is 1. The summed E-state index contributed by atoms with van der Waals surface area (Å²) < 4.78 is 1.79. The summed E-state index contributed by atoms with van der Waals surface area (Å²) >= 11 is 7.97. The van der Waals surface area contributed by atoms with E-state index in [0.29, 0.717) is 23.9 Å². The van der Waals surface area contributed by atoms with Gasteiger partial charge in [0.05, 0.1) is 22.4 Å². The van der Waals surface area contributed by atoms with Crippen molar-refractivity contribution in [1.82, 2.24) is 20.0 Å². The fourth-order valence-corrected chi connectivity index (χ4v) is 5.95. The molecule has 0 fully saturated rings. The third kappa shape index (κ3) is 6.25. The van der Waals surface area contributed by atoms with Gasteiger partial charge in [-0.3, -0.25) is 14.5 Å². The summed E-state index contributed by atoms with van der Waals surface area (Å²) in [7, 11) is 3.91. The van der Waals surface area contributed by atoms with E-state index >= 15 is 0 Å². The molecule has 0 saturated heterocycles. The Bertz CT molecular complexity index is 1330. The number of amides is 2. The third-order valence-corrected chi connectivity index (χ3v) is 7.87. The van der Waals surface area contributed by atoms with Gasteiger partial charge < -0.3 is 10.2 Å². The summed E-state index contributed by atoms with van der Waals surface area (Å²) in [6, 6.07) is 15.8. The largest absolute Gasteiger partial charge is 0.353 e. The molecule has 0 saturated carbocycles. The minimum absolute atomic E-state index is 0.0871. The maximum absolute atomic E-state index is 13.7. The number of fused-ring (bicyclic) bond motifs is 1. The van der Waals surface area contributed by atoms with Crippen LogP contribution in [0.25, 0.3) is 5.69 Å². The van der Waals surface area contributed by atoms with E-state index in [1.54, 1.807) is 21.3 Å². The van der Waals surface area contributed by atoms with Crippen LogP contribution in [0.4, 0.5) is 5.82 Å². The van der Waals surface area contributed by atoms with Crippen molar-refractivity contribution < 1.29 is 9.59 Å². The Balaban J connectivity index is 1.93. The Kier molecular flexibility index (Phi) is 8.55. The number of benzene rings is 2. The molecule has 1 N–H and O–H groups in total. The van der Waals surface area contributed by atoms with Crippen molar-refractivity contribution >= 4 is 41.0 Å². The molecule has 1 atom stereocenters. The van der Waals surface area contributed by atoms with Crippen LogP contribution in [0, 0.1) is 6.92 Å². The number of aryl methyl sites for hydroxylation is 1. The number of hydrogen-bond acceptors (Lipinski definition) is 5. The number of nitrogens with zero attached hydrogens (tertiary/aromatic N) is 4. The quantitative estimate of drug-likeness (QED) is 0.447. The Morgan fingerprint density at radius 2 is 1.92 bits per heavy atom. The van der Waals surface area contributed by atoms with Gasteiger partial charge in [0, 0.05) is 29.1 Å². The van der Waals surface area contributed by atoms with Gasteiger partial charge in [-0.2, -0.15) is 5.10 Å². The van der Waals surface area contributed by atoms with Crippen LogP contribution in [0.5, 0.6) is 0 Å². The first-order valence-corrected chi connectivity index (χ1v) is 14.2. The van der Waals surface area contributed by atoms with Crippen molar-refractivity contribution in [2.75, 3.05) is 44.4 Å². The molecule has 1 aliphatic rings. The van der Waals surface area contributed by atoms with Gasteiger partial charge in [0.15, 0.2) is 0 Å². The summed E-state index contributed by atoms with van der Waals surface area (Å²) in [5.41, 5.74) is 4.53. The van der Waals surface area contributed by atoms with Crippen molar-refractivity contribution in [2.24, 2.45) is 0 Å². The van der Waals surface area contributed by atoms with Crippen LogP contribution in [0.2, 0.25) is 5.02 Å². The molecule has 2 aromatic carbocycles. The first-order valence-electron chi connectivity index (χ1n) is 12.7. The molecular weight excluding hydrogens is 518 g/mol. The average Bonchev–Trinajstić information content (AvgIpc) is 3.17. The van der Waals surface area contributed by atoms with Gasteiger partial charge in [-0.25, -0.2) is 4.68 Å². The smallest absolute Gasteiger partial charge is 0.240 e. The summed E-state index contributed by atoms with van der Waals surface area (Å²) in [6.45, 7) is 9.58. The molecule has 0 spiro atoms. The summed E-state index contributed by atoms with van der Waals surface area (Å²) in [6.07, 6.45) is 0. The highest BCUT2D eigenvalue weighted by Crippen LogP contribution is 2.48. The van der Waals surface area contributed by atoms with Gasteiger partial charge in [-0.05, 0) is 44.8 Å². The molecule has 0 radical (unpaired) electrons. The van der Waals surface area contributed by atoms with Crippen LogP contribution in [0.1, 0.15) is 48.4 Å². The minimum Gasteiger partial charge on any atom is -0.353 e. The lowest BCUT2D eigenvalue weighted by Gasteiger charge is -2.25. The molecule has 9 heteroatoms. The zero-order valence-corrected chi connectivity index (χ0v) is 24.5. The topological polar surface area (TPSA) is 70.5 Å². The van der Waals surface area contributed by atoms with Crippen LogP contribution in [0.15, 0.2) is 48.5 Å². The second kappa shape index (κ2) is 11.5. The third-order valence-electron chi connectivity index (χ3n) is 6.38. The van der Waals surface area contributed by atoms with E-state index in [-0.39, 0.29) is 34.8 Å². The summed E-state index contributed by atoms with van der Waals surface area (Å²) in [5.74, 6) is 0.540. The van der Waals surface area contributed by atoms with Gasteiger partial charge in [-0.15, -0.1) is 11.8 Å². The zero-order chi connectivity index (χ0) is 27.6. The number of carbonyl (C=O) groups excluding carboxylic acids is 2. The molecule has 0 bridgehead atoms. The number of hydrogen-bond donors (Lipinski definition) is 1. The standard InChI is InChI=1S/C29H36ClN5O2S/c1-19-9-7-10-20(15-19)26-25-27(29(2,3)4)32-35(22-12-8-11-21(30)16-22)28(25)34(24(37)18-38-26)17-23(36)31-13-14-33(5)6/h7-12,15-16,26H,13-14,17-18H2,1-6H3,(H,31,36). The van der Waals surface area contributed by atoms with E-state index < -0.39 is 0 Å². The van der Waals surface area contributed by atoms with E-state index in [9.17, 15) is 9.59 Å². The monoisotopic (exact) mass is 553 g/mol. The molecule has 1 aromatic heterocycles. The van der Waals surface area contributed by atoms with E-state index in [4.69, 9.17) is 16.7 Å². The van der Waals surface area contributed by atoms with Crippen molar-refractivity contribution in [3.05, 3.63) is 75.9 Å². The van der Waals surface area contributed by atoms with E-state index in [1.807, 2.05) is 49.3 Å². The first kappa shape index (κ1) is 28.2. The summed E-state index contributed by atoms with van der Waals surface area (Å²) in [5, 5.41) is 8.50. The highest BCUT2D eigenvalue weighted by molar-refractivity contribution is 8.00. The van der Waals surface area contributed by atoms with Crippen LogP contribution in [0.3, 0.4) is 0 Å². The van der Waals surface area contributed by atoms with Crippen LogP contribution >= 0.6 is 23.4 Å². The Hall–Kier alpha value is -2.81. The minimum atomic E-state index is -0.316. The molecule has 2 heterocycles. The average molecular weight is 554 g/mol. The number of aromatic nitrogens is 2. The first-order chi connectivity index (χ1) is 18.0. The van der Waals surface area contributed by atoms with Gasteiger partial charge in [0.2, 0.25) is 11.8 Å². The highest BCUT2D eigenvalue weighted by atomic mass is 35.5. The fourth-order valence-electron chi connectivity index (χ4n) is 4.58. The number of halogens is 1. The number of rotatable bonds is 7. The van der Waals surface area contributed by atoms with Crippen LogP contribution < -0.4 is 10.2 Å². The molecule has 7 nitrogen and oxygen atoms in total. The molecule has 202 valence electrons. The van der Waals surface area contributed by atoms with E-state index in [1.165, 1.54) is 0 Å². The van der Waals surface area contributed by atoms with Crippen molar-refractivity contribution in [3.63, 3.8) is 0 Å². The van der Waals surface area contributed by atoms with Crippen LogP contribution in [-0.4, -0.2) is 66.0 Å².